The number of hydrogen-bond donors (Lipinski definition) is 1. The minimum absolute atomic E-state index is 0.0983. The predicted molar refractivity (Wildman–Crippen MR) is 111 cm³/mol. The summed E-state index contributed by atoms with van der Waals surface area (Å²) in [6, 6.07) is 11.9. The first-order valence-electron chi connectivity index (χ1n) is 8.52. The number of ether oxygens (including phenoxy) is 1. The van der Waals surface area contributed by atoms with Crippen LogP contribution >= 0.6 is 23.1 Å². The molecule has 0 amide bonds. The topological polar surface area (TPSA) is 75.9 Å². The fourth-order valence-corrected chi connectivity index (χ4v) is 5.01. The highest BCUT2D eigenvalue weighted by molar-refractivity contribution is 8.19. The first kappa shape index (κ1) is 17.9. The summed E-state index contributed by atoms with van der Waals surface area (Å²) in [4.78, 5) is 13.6. The largest absolute Gasteiger partial charge is 0.496 e. The standard InChI is InChI=1S/C20H17N3O2S2/c1-3-16-22-23-20(27-16)17-18(24)15(26-19(17)21)10-13-12-7-5-4-6-11(12)8-9-14(13)25-2/h4-10,17,21H,3H2,1-2H3/b15-10-,21-19?/t17-/m1/s1. The number of nitrogens with one attached hydrogen (secondary N) is 1. The van der Waals surface area contributed by atoms with Crippen LogP contribution < -0.4 is 4.74 Å². The summed E-state index contributed by atoms with van der Waals surface area (Å²) >= 11 is 2.60. The van der Waals surface area contributed by atoms with Crippen LogP contribution in [0, 0.1) is 5.41 Å². The molecule has 7 heteroatoms. The Bertz CT molecular complexity index is 1090. The summed E-state index contributed by atoms with van der Waals surface area (Å²) in [7, 11) is 1.62. The molecule has 3 aromatic rings. The second-order valence-electron chi connectivity index (χ2n) is 6.06. The number of carbonyl (C=O) groups is 1. The van der Waals surface area contributed by atoms with Crippen molar-refractivity contribution in [3.63, 3.8) is 0 Å². The minimum Gasteiger partial charge on any atom is -0.496 e. The van der Waals surface area contributed by atoms with Gasteiger partial charge in [0.25, 0.3) is 0 Å². The SMILES string of the molecule is CCc1nnc([C@H]2C(=N)S/C(=C\c3c(OC)ccc4ccccc34)C2=O)s1. The van der Waals surface area contributed by atoms with Crippen LogP contribution in [-0.2, 0) is 11.2 Å². The van der Waals surface area contributed by atoms with Gasteiger partial charge in [-0.1, -0.05) is 49.0 Å². The zero-order chi connectivity index (χ0) is 19.0. The lowest BCUT2D eigenvalue weighted by Crippen LogP contribution is -2.11. The van der Waals surface area contributed by atoms with Crippen LogP contribution in [0.3, 0.4) is 0 Å². The predicted octanol–water partition coefficient (Wildman–Crippen LogP) is 4.68. The third-order valence-electron chi connectivity index (χ3n) is 4.45. The maximum absolute atomic E-state index is 13.0. The van der Waals surface area contributed by atoms with Crippen LogP contribution in [0.1, 0.15) is 28.4 Å². The van der Waals surface area contributed by atoms with Crippen LogP contribution in [0.2, 0.25) is 0 Å². The molecular formula is C20H17N3O2S2. The molecule has 2 aromatic carbocycles. The van der Waals surface area contributed by atoms with Crippen molar-refractivity contribution in [3.8, 4) is 5.75 Å². The molecule has 0 aliphatic carbocycles. The average Bonchev–Trinajstić information content (AvgIpc) is 3.26. The molecule has 0 radical (unpaired) electrons. The van der Waals surface area contributed by atoms with Crippen LogP contribution in [-0.4, -0.2) is 28.1 Å². The van der Waals surface area contributed by atoms with E-state index >= 15 is 0 Å². The number of Topliss-reactive ketones (excluding diaryl/α,β-unsaturated/α-hetero) is 1. The number of hydrogen-bond acceptors (Lipinski definition) is 7. The number of thioether (sulfide) groups is 1. The van der Waals surface area contributed by atoms with E-state index < -0.39 is 5.92 Å². The highest BCUT2D eigenvalue weighted by atomic mass is 32.2. The summed E-state index contributed by atoms with van der Waals surface area (Å²) in [6.07, 6.45) is 2.61. The van der Waals surface area contributed by atoms with Crippen LogP contribution in [0.15, 0.2) is 41.3 Å². The molecule has 1 atom stereocenters. The molecule has 1 N–H and O–H groups in total. The third kappa shape index (κ3) is 3.17. The molecule has 0 unspecified atom stereocenters. The molecule has 1 aliphatic heterocycles. The molecule has 5 nitrogen and oxygen atoms in total. The summed E-state index contributed by atoms with van der Waals surface area (Å²) in [5, 5.41) is 20.4. The van der Waals surface area contributed by atoms with E-state index in [1.54, 1.807) is 7.11 Å². The van der Waals surface area contributed by atoms with Crippen molar-refractivity contribution in [2.24, 2.45) is 0 Å². The normalized spacial score (nSPS) is 18.6. The van der Waals surface area contributed by atoms with E-state index in [9.17, 15) is 4.79 Å². The lowest BCUT2D eigenvalue weighted by molar-refractivity contribution is -0.114. The Morgan fingerprint density at radius 2 is 2.04 bits per heavy atom. The van der Waals surface area contributed by atoms with Crippen molar-refractivity contribution >= 4 is 50.8 Å². The molecule has 136 valence electrons. The van der Waals surface area contributed by atoms with Gasteiger partial charge in [-0.25, -0.2) is 0 Å². The van der Waals surface area contributed by atoms with E-state index in [4.69, 9.17) is 10.1 Å². The van der Waals surface area contributed by atoms with Crippen molar-refractivity contribution in [3.05, 3.63) is 56.9 Å². The van der Waals surface area contributed by atoms with Crippen LogP contribution in [0.25, 0.3) is 16.8 Å². The molecule has 2 heterocycles. The minimum atomic E-state index is -0.639. The zero-order valence-corrected chi connectivity index (χ0v) is 16.5. The number of allylic oxidation sites excluding steroid dienone is 1. The summed E-state index contributed by atoms with van der Waals surface area (Å²) in [5.41, 5.74) is 0.853. The van der Waals surface area contributed by atoms with Gasteiger partial charge in [-0.3, -0.25) is 10.2 Å². The van der Waals surface area contributed by atoms with Gasteiger partial charge in [0, 0.05) is 5.56 Å². The number of rotatable bonds is 4. The van der Waals surface area contributed by atoms with E-state index in [0.717, 1.165) is 27.8 Å². The van der Waals surface area contributed by atoms with Crippen LogP contribution in [0.4, 0.5) is 0 Å². The second kappa shape index (κ2) is 7.25. The Labute approximate surface area is 165 Å². The number of fused-ring (bicyclic) bond motifs is 1. The molecule has 1 saturated heterocycles. The number of nitrogens with zero attached hydrogens (tertiary/aromatic N) is 2. The van der Waals surface area contributed by atoms with Gasteiger partial charge in [-0.15, -0.1) is 21.5 Å². The van der Waals surface area contributed by atoms with Crippen molar-refractivity contribution in [1.82, 2.24) is 10.2 Å². The van der Waals surface area contributed by atoms with E-state index in [-0.39, 0.29) is 5.78 Å². The van der Waals surface area contributed by atoms with Crippen LogP contribution in [0.5, 0.6) is 5.75 Å². The van der Waals surface area contributed by atoms with Crippen molar-refractivity contribution in [1.29, 1.82) is 5.41 Å². The van der Waals surface area contributed by atoms with E-state index in [1.165, 1.54) is 23.1 Å². The summed E-state index contributed by atoms with van der Waals surface area (Å²) < 4.78 is 5.52. The van der Waals surface area contributed by atoms with Gasteiger partial charge in [0.1, 0.15) is 21.7 Å². The van der Waals surface area contributed by atoms with Gasteiger partial charge in [0.2, 0.25) is 0 Å². The van der Waals surface area contributed by atoms with Gasteiger partial charge in [-0.2, -0.15) is 0 Å². The number of aryl methyl sites for hydroxylation is 1. The third-order valence-corrected chi connectivity index (χ3v) is 6.57. The monoisotopic (exact) mass is 395 g/mol. The van der Waals surface area contributed by atoms with Gasteiger partial charge in [0.05, 0.1) is 17.1 Å². The molecule has 27 heavy (non-hydrogen) atoms. The molecule has 0 saturated carbocycles. The average molecular weight is 396 g/mol. The Hall–Kier alpha value is -2.51. The maximum atomic E-state index is 13.0. The Morgan fingerprint density at radius 3 is 2.78 bits per heavy atom. The highest BCUT2D eigenvalue weighted by Crippen LogP contribution is 2.43. The first-order chi connectivity index (χ1) is 13.1. The maximum Gasteiger partial charge on any atom is 0.186 e. The Kier molecular flexibility index (Phi) is 4.80. The lowest BCUT2D eigenvalue weighted by Gasteiger charge is -2.09. The van der Waals surface area contributed by atoms with Gasteiger partial charge >= 0.3 is 0 Å². The Morgan fingerprint density at radius 1 is 1.22 bits per heavy atom. The first-order valence-corrected chi connectivity index (χ1v) is 10.2. The number of ketones is 1. The number of benzene rings is 2. The Balaban J connectivity index is 1.78. The molecule has 0 bridgehead atoms. The second-order valence-corrected chi connectivity index (χ2v) is 8.24. The quantitative estimate of drug-likeness (QED) is 0.649. The number of carbonyl (C=O) groups excluding carboxylic acids is 1. The molecule has 1 aliphatic rings. The van der Waals surface area contributed by atoms with E-state index in [1.807, 2.05) is 49.4 Å². The van der Waals surface area contributed by atoms with Crippen molar-refractivity contribution in [2.45, 2.75) is 19.3 Å². The fraction of sp³-hybridized carbons (Fsp3) is 0.200. The van der Waals surface area contributed by atoms with Crippen molar-refractivity contribution < 1.29 is 9.53 Å². The molecular weight excluding hydrogens is 378 g/mol. The van der Waals surface area contributed by atoms with Gasteiger partial charge < -0.3 is 4.74 Å². The summed E-state index contributed by atoms with van der Waals surface area (Å²) in [6.45, 7) is 2.00. The van der Waals surface area contributed by atoms with Gasteiger partial charge in [0.15, 0.2) is 5.78 Å². The lowest BCUT2D eigenvalue weighted by atomic mass is 10.0. The molecule has 0 spiro atoms. The summed E-state index contributed by atoms with van der Waals surface area (Å²) in [5.74, 6) is -0.0347. The number of methoxy groups -OCH3 is 1. The van der Waals surface area contributed by atoms with E-state index in [0.29, 0.717) is 20.7 Å². The zero-order valence-electron chi connectivity index (χ0n) is 14.9. The fourth-order valence-electron chi connectivity index (χ4n) is 3.07. The molecule has 1 fully saturated rings. The highest BCUT2D eigenvalue weighted by Gasteiger charge is 2.39. The van der Waals surface area contributed by atoms with Crippen molar-refractivity contribution in [2.75, 3.05) is 7.11 Å². The smallest absolute Gasteiger partial charge is 0.186 e. The molecule has 4 rings (SSSR count). The van der Waals surface area contributed by atoms with Gasteiger partial charge in [-0.05, 0) is 29.3 Å². The number of aromatic nitrogens is 2. The molecule has 1 aromatic heterocycles. The van der Waals surface area contributed by atoms with E-state index in [2.05, 4.69) is 10.2 Å².